The fourth-order valence-corrected chi connectivity index (χ4v) is 1.95. The summed E-state index contributed by atoms with van der Waals surface area (Å²) >= 11 is 0. The molecule has 0 saturated heterocycles. The maximum atomic E-state index is 12.0. The SMILES string of the molecule is COC(=O)c1cc(C)ccc1NC(=O)CCc1ccco1. The van der Waals surface area contributed by atoms with Gasteiger partial charge in [-0.3, -0.25) is 4.79 Å². The first-order chi connectivity index (χ1) is 10.1. The van der Waals surface area contributed by atoms with Gasteiger partial charge in [0.15, 0.2) is 0 Å². The molecule has 110 valence electrons. The molecule has 1 aromatic carbocycles. The van der Waals surface area contributed by atoms with E-state index in [1.165, 1.54) is 7.11 Å². The number of aryl methyl sites for hydroxylation is 2. The molecule has 2 aromatic rings. The molecule has 0 radical (unpaired) electrons. The van der Waals surface area contributed by atoms with Crippen molar-refractivity contribution in [2.45, 2.75) is 19.8 Å². The zero-order chi connectivity index (χ0) is 15.2. The highest BCUT2D eigenvalue weighted by Crippen LogP contribution is 2.19. The Morgan fingerprint density at radius 1 is 1.29 bits per heavy atom. The molecule has 21 heavy (non-hydrogen) atoms. The second kappa shape index (κ2) is 6.74. The number of anilines is 1. The molecule has 0 atom stereocenters. The summed E-state index contributed by atoms with van der Waals surface area (Å²) < 4.78 is 9.90. The quantitative estimate of drug-likeness (QED) is 0.858. The van der Waals surface area contributed by atoms with E-state index in [0.717, 1.165) is 11.3 Å². The van der Waals surface area contributed by atoms with E-state index in [9.17, 15) is 9.59 Å². The minimum absolute atomic E-state index is 0.180. The molecule has 0 aliphatic rings. The standard InChI is InChI=1S/C16H17NO4/c1-11-5-7-14(13(10-11)16(19)20-2)17-15(18)8-6-12-4-3-9-21-12/h3-5,7,9-10H,6,8H2,1-2H3,(H,17,18). The van der Waals surface area contributed by atoms with Crippen LogP contribution in [0.5, 0.6) is 0 Å². The number of benzene rings is 1. The third-order valence-electron chi connectivity index (χ3n) is 3.03. The van der Waals surface area contributed by atoms with E-state index in [2.05, 4.69) is 5.32 Å². The van der Waals surface area contributed by atoms with Gasteiger partial charge in [-0.15, -0.1) is 0 Å². The molecule has 5 heteroatoms. The summed E-state index contributed by atoms with van der Waals surface area (Å²) in [5, 5.41) is 2.73. The molecule has 0 spiro atoms. The van der Waals surface area contributed by atoms with Gasteiger partial charge in [-0.05, 0) is 31.2 Å². The van der Waals surface area contributed by atoms with Crippen molar-refractivity contribution in [2.75, 3.05) is 12.4 Å². The predicted octanol–water partition coefficient (Wildman–Crippen LogP) is 2.95. The van der Waals surface area contributed by atoms with Crippen LogP contribution in [-0.4, -0.2) is 19.0 Å². The first kappa shape index (κ1) is 14.8. The first-order valence-corrected chi connectivity index (χ1v) is 6.61. The highest BCUT2D eigenvalue weighted by molar-refractivity contribution is 6.01. The molecule has 1 aromatic heterocycles. The Hall–Kier alpha value is -2.56. The average molecular weight is 287 g/mol. The summed E-state index contributed by atoms with van der Waals surface area (Å²) in [4.78, 5) is 23.7. The number of ether oxygens (including phenoxy) is 1. The Labute approximate surface area is 122 Å². The third kappa shape index (κ3) is 3.95. The molecule has 1 heterocycles. The van der Waals surface area contributed by atoms with Crippen LogP contribution in [0.4, 0.5) is 5.69 Å². The molecule has 2 rings (SSSR count). The number of carbonyl (C=O) groups is 2. The molecular formula is C16H17NO4. The predicted molar refractivity (Wildman–Crippen MR) is 78.2 cm³/mol. The molecule has 0 unspecified atom stereocenters. The molecule has 0 fully saturated rings. The van der Waals surface area contributed by atoms with Crippen LogP contribution in [0, 0.1) is 6.92 Å². The number of hydrogen-bond donors (Lipinski definition) is 1. The van der Waals surface area contributed by atoms with E-state index in [0.29, 0.717) is 17.7 Å². The van der Waals surface area contributed by atoms with Crippen molar-refractivity contribution in [3.8, 4) is 0 Å². The highest BCUT2D eigenvalue weighted by Gasteiger charge is 2.14. The van der Waals surface area contributed by atoms with Crippen LogP contribution in [0.3, 0.4) is 0 Å². The molecule has 0 aliphatic carbocycles. The summed E-state index contributed by atoms with van der Waals surface area (Å²) in [6.07, 6.45) is 2.36. The maximum absolute atomic E-state index is 12.0. The molecular weight excluding hydrogens is 270 g/mol. The number of amides is 1. The lowest BCUT2D eigenvalue weighted by molar-refractivity contribution is -0.116. The van der Waals surface area contributed by atoms with Crippen LogP contribution in [0.15, 0.2) is 41.0 Å². The summed E-state index contributed by atoms with van der Waals surface area (Å²) in [6.45, 7) is 1.87. The van der Waals surface area contributed by atoms with Gasteiger partial charge in [0, 0.05) is 12.8 Å². The summed E-state index contributed by atoms with van der Waals surface area (Å²) in [5.74, 6) is 0.0997. The van der Waals surface area contributed by atoms with Gasteiger partial charge >= 0.3 is 5.97 Å². The minimum Gasteiger partial charge on any atom is -0.469 e. The van der Waals surface area contributed by atoms with Crippen molar-refractivity contribution in [2.24, 2.45) is 0 Å². The van der Waals surface area contributed by atoms with Crippen molar-refractivity contribution >= 4 is 17.6 Å². The molecule has 0 aliphatic heterocycles. The lowest BCUT2D eigenvalue weighted by atomic mass is 10.1. The summed E-state index contributed by atoms with van der Waals surface area (Å²) in [7, 11) is 1.31. The Morgan fingerprint density at radius 3 is 2.76 bits per heavy atom. The average Bonchev–Trinajstić information content (AvgIpc) is 2.99. The molecule has 0 bridgehead atoms. The lowest BCUT2D eigenvalue weighted by Crippen LogP contribution is -2.15. The molecule has 1 amide bonds. The summed E-state index contributed by atoms with van der Waals surface area (Å²) in [5.41, 5.74) is 1.73. The minimum atomic E-state index is -0.472. The van der Waals surface area contributed by atoms with Crippen molar-refractivity contribution in [1.82, 2.24) is 0 Å². The lowest BCUT2D eigenvalue weighted by Gasteiger charge is -2.10. The number of hydrogen-bond acceptors (Lipinski definition) is 4. The van der Waals surface area contributed by atoms with Gasteiger partial charge in [0.25, 0.3) is 0 Å². The first-order valence-electron chi connectivity index (χ1n) is 6.61. The van der Waals surface area contributed by atoms with Gasteiger partial charge < -0.3 is 14.5 Å². The smallest absolute Gasteiger partial charge is 0.339 e. The Kier molecular flexibility index (Phi) is 4.77. The Balaban J connectivity index is 2.04. The Bertz CT molecular complexity index is 632. The van der Waals surface area contributed by atoms with Crippen LogP contribution in [-0.2, 0) is 16.0 Å². The number of rotatable bonds is 5. The molecule has 1 N–H and O–H groups in total. The topological polar surface area (TPSA) is 68.5 Å². The van der Waals surface area contributed by atoms with Crippen molar-refractivity contribution in [3.05, 3.63) is 53.5 Å². The number of esters is 1. The van der Waals surface area contributed by atoms with Gasteiger partial charge in [-0.2, -0.15) is 0 Å². The largest absolute Gasteiger partial charge is 0.469 e. The maximum Gasteiger partial charge on any atom is 0.339 e. The number of nitrogens with one attached hydrogen (secondary N) is 1. The molecule has 5 nitrogen and oxygen atoms in total. The Morgan fingerprint density at radius 2 is 2.10 bits per heavy atom. The second-order valence-corrected chi connectivity index (χ2v) is 4.67. The van der Waals surface area contributed by atoms with Crippen LogP contribution in [0.2, 0.25) is 0 Å². The van der Waals surface area contributed by atoms with Gasteiger partial charge in [-0.1, -0.05) is 11.6 Å². The van der Waals surface area contributed by atoms with Crippen LogP contribution in [0.1, 0.15) is 28.1 Å². The van der Waals surface area contributed by atoms with E-state index >= 15 is 0 Å². The van der Waals surface area contributed by atoms with Gasteiger partial charge in [0.05, 0.1) is 24.6 Å². The van der Waals surface area contributed by atoms with Gasteiger partial charge in [0.2, 0.25) is 5.91 Å². The van der Waals surface area contributed by atoms with E-state index in [1.807, 2.05) is 19.1 Å². The molecule has 0 saturated carbocycles. The highest BCUT2D eigenvalue weighted by atomic mass is 16.5. The fraction of sp³-hybridized carbons (Fsp3) is 0.250. The van der Waals surface area contributed by atoms with Crippen molar-refractivity contribution in [1.29, 1.82) is 0 Å². The number of carbonyl (C=O) groups excluding carboxylic acids is 2. The van der Waals surface area contributed by atoms with Gasteiger partial charge in [-0.25, -0.2) is 4.79 Å². The third-order valence-corrected chi connectivity index (χ3v) is 3.03. The van der Waals surface area contributed by atoms with E-state index < -0.39 is 5.97 Å². The number of furan rings is 1. The zero-order valence-corrected chi connectivity index (χ0v) is 12.0. The van der Waals surface area contributed by atoms with E-state index in [1.54, 1.807) is 24.5 Å². The van der Waals surface area contributed by atoms with Crippen LogP contribution in [0.25, 0.3) is 0 Å². The van der Waals surface area contributed by atoms with Crippen molar-refractivity contribution in [3.63, 3.8) is 0 Å². The van der Waals surface area contributed by atoms with Crippen LogP contribution >= 0.6 is 0 Å². The fourth-order valence-electron chi connectivity index (χ4n) is 1.95. The van der Waals surface area contributed by atoms with E-state index in [4.69, 9.17) is 9.15 Å². The monoisotopic (exact) mass is 287 g/mol. The normalized spacial score (nSPS) is 10.2. The number of methoxy groups -OCH3 is 1. The zero-order valence-electron chi connectivity index (χ0n) is 12.0. The second-order valence-electron chi connectivity index (χ2n) is 4.67. The summed E-state index contributed by atoms with van der Waals surface area (Å²) in [6, 6.07) is 8.82. The van der Waals surface area contributed by atoms with E-state index in [-0.39, 0.29) is 12.3 Å². The van der Waals surface area contributed by atoms with Crippen molar-refractivity contribution < 1.29 is 18.7 Å². The van der Waals surface area contributed by atoms with Crippen LogP contribution < -0.4 is 5.32 Å². The van der Waals surface area contributed by atoms with Gasteiger partial charge in [0.1, 0.15) is 5.76 Å².